The summed E-state index contributed by atoms with van der Waals surface area (Å²) in [5.74, 6) is -0.193. The molecule has 0 aliphatic carbocycles. The van der Waals surface area contributed by atoms with Crippen LogP contribution in [0.3, 0.4) is 0 Å². The summed E-state index contributed by atoms with van der Waals surface area (Å²) in [6.45, 7) is 5.29. The number of aromatic carboxylic acids is 1. The Balaban J connectivity index is 2.59. The topological polar surface area (TPSA) is 42.2 Å². The minimum absolute atomic E-state index is 0.376. The summed E-state index contributed by atoms with van der Waals surface area (Å²) in [5.41, 5.74) is 0.376. The summed E-state index contributed by atoms with van der Waals surface area (Å²) < 4.78 is 1.98. The van der Waals surface area contributed by atoms with Crippen LogP contribution >= 0.6 is 0 Å². The third-order valence-corrected chi connectivity index (χ3v) is 2.74. The van der Waals surface area contributed by atoms with Crippen molar-refractivity contribution in [1.29, 1.82) is 0 Å². The third-order valence-electron chi connectivity index (χ3n) is 2.74. The molecule has 0 fully saturated rings. The van der Waals surface area contributed by atoms with Crippen LogP contribution in [-0.4, -0.2) is 15.6 Å². The number of nitrogens with zero attached hydrogens (tertiary/aromatic N) is 1. The van der Waals surface area contributed by atoms with Crippen LogP contribution in [0.1, 0.15) is 43.5 Å². The first-order chi connectivity index (χ1) is 7.17. The molecule has 0 spiro atoms. The maximum Gasteiger partial charge on any atom is 0.337 e. The van der Waals surface area contributed by atoms with E-state index in [9.17, 15) is 4.79 Å². The highest BCUT2D eigenvalue weighted by Crippen LogP contribution is 2.14. The van der Waals surface area contributed by atoms with Crippen molar-refractivity contribution in [3.05, 3.63) is 24.0 Å². The van der Waals surface area contributed by atoms with Crippen LogP contribution in [0.2, 0.25) is 0 Å². The van der Waals surface area contributed by atoms with Gasteiger partial charge in [0.15, 0.2) is 0 Å². The van der Waals surface area contributed by atoms with E-state index in [0.717, 1.165) is 13.0 Å². The zero-order chi connectivity index (χ0) is 11.3. The fraction of sp³-hybridized carbons (Fsp3) is 0.583. The molecule has 1 heterocycles. The van der Waals surface area contributed by atoms with Gasteiger partial charge in [0.25, 0.3) is 0 Å². The lowest BCUT2D eigenvalue weighted by molar-refractivity contribution is 0.0697. The highest BCUT2D eigenvalue weighted by molar-refractivity contribution is 5.87. The molecule has 0 aliphatic rings. The second-order valence-corrected chi connectivity index (χ2v) is 3.97. The first kappa shape index (κ1) is 11.8. The fourth-order valence-corrected chi connectivity index (χ4v) is 1.81. The molecule has 1 unspecified atom stereocenters. The smallest absolute Gasteiger partial charge is 0.337 e. The Morgan fingerprint density at radius 1 is 1.53 bits per heavy atom. The van der Waals surface area contributed by atoms with E-state index in [0.29, 0.717) is 11.5 Å². The summed E-state index contributed by atoms with van der Waals surface area (Å²) in [4.78, 5) is 10.7. The number of carbonyl (C=O) groups is 1. The van der Waals surface area contributed by atoms with Gasteiger partial charge in [0.2, 0.25) is 0 Å². The average Bonchev–Trinajstić information content (AvgIpc) is 2.65. The second kappa shape index (κ2) is 5.59. The highest BCUT2D eigenvalue weighted by atomic mass is 16.4. The predicted octanol–water partition coefficient (Wildman–Crippen LogP) is 3.01. The summed E-state index contributed by atoms with van der Waals surface area (Å²) in [5, 5.41) is 8.78. The molecule has 1 N–H and O–H groups in total. The molecular formula is C12H19NO2. The van der Waals surface area contributed by atoms with Gasteiger partial charge in [-0.15, -0.1) is 0 Å². The van der Waals surface area contributed by atoms with Crippen LogP contribution < -0.4 is 0 Å². The van der Waals surface area contributed by atoms with E-state index in [1.807, 2.05) is 10.8 Å². The maximum atomic E-state index is 10.7. The lowest BCUT2D eigenvalue weighted by Gasteiger charge is -2.14. The van der Waals surface area contributed by atoms with Gasteiger partial charge < -0.3 is 9.67 Å². The number of hydrogen-bond acceptors (Lipinski definition) is 1. The number of hydrogen-bond donors (Lipinski definition) is 1. The van der Waals surface area contributed by atoms with Gasteiger partial charge in [-0.2, -0.15) is 0 Å². The van der Waals surface area contributed by atoms with E-state index in [-0.39, 0.29) is 0 Å². The molecule has 3 heteroatoms. The fourth-order valence-electron chi connectivity index (χ4n) is 1.81. The van der Waals surface area contributed by atoms with Crippen LogP contribution in [0.4, 0.5) is 0 Å². The minimum Gasteiger partial charge on any atom is -0.478 e. The lowest BCUT2D eigenvalue weighted by Crippen LogP contribution is -2.08. The molecule has 0 aliphatic heterocycles. The average molecular weight is 209 g/mol. The molecule has 1 rings (SSSR count). The minimum atomic E-state index is -0.850. The third kappa shape index (κ3) is 3.42. The Morgan fingerprint density at radius 3 is 2.73 bits per heavy atom. The van der Waals surface area contributed by atoms with Gasteiger partial charge in [0, 0.05) is 18.9 Å². The zero-order valence-electron chi connectivity index (χ0n) is 9.44. The van der Waals surface area contributed by atoms with Gasteiger partial charge in [-0.1, -0.05) is 26.7 Å². The Bertz CT molecular complexity index is 317. The van der Waals surface area contributed by atoms with Crippen molar-refractivity contribution in [2.24, 2.45) is 5.92 Å². The van der Waals surface area contributed by atoms with Crippen molar-refractivity contribution in [3.8, 4) is 0 Å². The number of aromatic nitrogens is 1. The molecule has 0 saturated carbocycles. The Labute approximate surface area is 90.7 Å². The molecule has 15 heavy (non-hydrogen) atoms. The first-order valence-electron chi connectivity index (χ1n) is 5.56. The molecule has 1 atom stereocenters. The van der Waals surface area contributed by atoms with Gasteiger partial charge in [-0.25, -0.2) is 4.79 Å². The Hall–Kier alpha value is -1.25. The maximum absolute atomic E-state index is 10.7. The van der Waals surface area contributed by atoms with E-state index in [2.05, 4.69) is 13.8 Å². The molecule has 1 aromatic rings. The van der Waals surface area contributed by atoms with Gasteiger partial charge in [-0.05, 0) is 18.4 Å². The summed E-state index contributed by atoms with van der Waals surface area (Å²) >= 11 is 0. The van der Waals surface area contributed by atoms with Crippen molar-refractivity contribution >= 4 is 5.97 Å². The van der Waals surface area contributed by atoms with Crippen LogP contribution in [0, 0.1) is 5.92 Å². The Morgan fingerprint density at radius 2 is 2.27 bits per heavy atom. The normalized spacial score (nSPS) is 12.7. The van der Waals surface area contributed by atoms with Crippen molar-refractivity contribution in [3.63, 3.8) is 0 Å². The first-order valence-corrected chi connectivity index (χ1v) is 5.56. The molecule has 0 aromatic carbocycles. The van der Waals surface area contributed by atoms with Crippen LogP contribution in [-0.2, 0) is 6.54 Å². The zero-order valence-corrected chi connectivity index (χ0v) is 9.44. The number of carboxylic acids is 1. The van der Waals surface area contributed by atoms with Gasteiger partial charge in [0.1, 0.15) is 0 Å². The highest BCUT2D eigenvalue weighted by Gasteiger charge is 2.08. The van der Waals surface area contributed by atoms with Crippen molar-refractivity contribution in [2.75, 3.05) is 0 Å². The van der Waals surface area contributed by atoms with E-state index < -0.39 is 5.97 Å². The molecule has 0 saturated heterocycles. The summed E-state index contributed by atoms with van der Waals surface area (Å²) in [6, 6.07) is 1.65. The van der Waals surface area contributed by atoms with Crippen molar-refractivity contribution in [1.82, 2.24) is 4.57 Å². The Kier molecular flexibility index (Phi) is 4.40. The van der Waals surface area contributed by atoms with Gasteiger partial charge in [0.05, 0.1) is 5.56 Å². The standard InChI is InChI=1S/C12H19NO2/c1-3-5-10(4-2)8-13-7-6-11(9-13)12(14)15/h6-7,9-10H,3-5,8H2,1-2H3,(H,14,15). The largest absolute Gasteiger partial charge is 0.478 e. The quantitative estimate of drug-likeness (QED) is 0.782. The summed E-state index contributed by atoms with van der Waals surface area (Å²) in [7, 11) is 0. The summed E-state index contributed by atoms with van der Waals surface area (Å²) in [6.07, 6.45) is 7.10. The number of rotatable bonds is 6. The number of carboxylic acid groups (broad SMARTS) is 1. The van der Waals surface area contributed by atoms with E-state index >= 15 is 0 Å². The van der Waals surface area contributed by atoms with Gasteiger partial charge >= 0.3 is 5.97 Å². The molecule has 1 aromatic heterocycles. The van der Waals surface area contributed by atoms with E-state index in [4.69, 9.17) is 5.11 Å². The monoisotopic (exact) mass is 209 g/mol. The van der Waals surface area contributed by atoms with Crippen LogP contribution in [0.25, 0.3) is 0 Å². The second-order valence-electron chi connectivity index (χ2n) is 3.97. The van der Waals surface area contributed by atoms with Crippen molar-refractivity contribution < 1.29 is 9.90 Å². The van der Waals surface area contributed by atoms with E-state index in [1.165, 1.54) is 12.8 Å². The molecule has 84 valence electrons. The predicted molar refractivity (Wildman–Crippen MR) is 60.1 cm³/mol. The van der Waals surface area contributed by atoms with E-state index in [1.54, 1.807) is 12.3 Å². The van der Waals surface area contributed by atoms with Gasteiger partial charge in [-0.3, -0.25) is 0 Å². The van der Waals surface area contributed by atoms with Crippen molar-refractivity contribution in [2.45, 2.75) is 39.7 Å². The van der Waals surface area contributed by atoms with Crippen LogP contribution in [0.5, 0.6) is 0 Å². The molecule has 0 amide bonds. The molecular weight excluding hydrogens is 190 g/mol. The SMILES string of the molecule is CCCC(CC)Cn1ccc(C(=O)O)c1. The lowest BCUT2D eigenvalue weighted by atomic mass is 10.0. The molecule has 0 bridgehead atoms. The molecule has 0 radical (unpaired) electrons. The molecule has 3 nitrogen and oxygen atoms in total. The van der Waals surface area contributed by atoms with Crippen LogP contribution in [0.15, 0.2) is 18.5 Å².